The maximum atomic E-state index is 13.0. The van der Waals surface area contributed by atoms with Gasteiger partial charge >= 0.3 is 0 Å². The normalized spacial score (nSPS) is 15.4. The Labute approximate surface area is 144 Å². The fourth-order valence-electron chi connectivity index (χ4n) is 3.59. The fraction of sp³-hybridized carbons (Fsp3) is 0.455. The van der Waals surface area contributed by atoms with Crippen molar-refractivity contribution < 1.29 is 9.13 Å². The quantitative estimate of drug-likeness (QED) is 0.519. The van der Waals surface area contributed by atoms with Gasteiger partial charge in [-0.2, -0.15) is 0 Å². The summed E-state index contributed by atoms with van der Waals surface area (Å²) in [7, 11) is 0. The molecule has 128 valence electrons. The Morgan fingerprint density at radius 3 is 2.08 bits per heavy atom. The molecule has 3 rings (SSSR count). The number of unbranched alkanes of at least 4 members (excludes halogenated alkanes) is 1. The highest BCUT2D eigenvalue weighted by Crippen LogP contribution is 2.28. The van der Waals surface area contributed by atoms with Gasteiger partial charge in [-0.3, -0.25) is 0 Å². The maximum Gasteiger partial charge on any atom is 0.123 e. The van der Waals surface area contributed by atoms with E-state index >= 15 is 0 Å². The van der Waals surface area contributed by atoms with E-state index in [-0.39, 0.29) is 5.82 Å². The first-order chi connectivity index (χ1) is 11.8. The Hall–Kier alpha value is -1.83. The van der Waals surface area contributed by atoms with E-state index in [1.165, 1.54) is 57.1 Å². The van der Waals surface area contributed by atoms with Crippen LogP contribution in [-0.2, 0) is 0 Å². The molecular formula is C22H27FO. The van der Waals surface area contributed by atoms with Crippen LogP contribution in [0.25, 0.3) is 11.1 Å². The molecule has 1 aliphatic rings. The van der Waals surface area contributed by atoms with Gasteiger partial charge in [0.25, 0.3) is 0 Å². The zero-order valence-corrected chi connectivity index (χ0v) is 14.3. The van der Waals surface area contributed by atoms with Crippen LogP contribution in [0.4, 0.5) is 4.39 Å². The second-order valence-corrected chi connectivity index (χ2v) is 6.88. The SMILES string of the molecule is Fc1ccc(-c2ccc(OCCCCC3CCCCC3)cc2)cc1. The largest absolute Gasteiger partial charge is 0.494 e. The molecule has 0 amide bonds. The lowest BCUT2D eigenvalue weighted by molar-refractivity contribution is 0.284. The zero-order chi connectivity index (χ0) is 16.6. The van der Waals surface area contributed by atoms with Gasteiger partial charge in [-0.15, -0.1) is 0 Å². The average Bonchev–Trinajstić information content (AvgIpc) is 2.64. The average molecular weight is 326 g/mol. The Balaban J connectivity index is 1.39. The monoisotopic (exact) mass is 326 g/mol. The first-order valence-corrected chi connectivity index (χ1v) is 9.30. The number of halogens is 1. The molecule has 2 heteroatoms. The van der Waals surface area contributed by atoms with Crippen LogP contribution in [0.1, 0.15) is 51.4 Å². The molecule has 2 aromatic rings. The summed E-state index contributed by atoms with van der Waals surface area (Å²) in [5, 5.41) is 0. The first-order valence-electron chi connectivity index (χ1n) is 9.30. The van der Waals surface area contributed by atoms with E-state index in [1.54, 1.807) is 12.1 Å². The molecule has 24 heavy (non-hydrogen) atoms. The smallest absolute Gasteiger partial charge is 0.123 e. The Morgan fingerprint density at radius 2 is 1.42 bits per heavy atom. The van der Waals surface area contributed by atoms with Crippen LogP contribution in [0, 0.1) is 11.7 Å². The molecule has 0 aliphatic heterocycles. The van der Waals surface area contributed by atoms with Crippen LogP contribution in [0.15, 0.2) is 48.5 Å². The molecule has 0 N–H and O–H groups in total. The number of rotatable bonds is 7. The van der Waals surface area contributed by atoms with Crippen molar-refractivity contribution in [1.82, 2.24) is 0 Å². The predicted octanol–water partition coefficient (Wildman–Crippen LogP) is 6.62. The third-order valence-corrected chi connectivity index (χ3v) is 5.03. The predicted molar refractivity (Wildman–Crippen MR) is 97.8 cm³/mol. The molecule has 1 aliphatic carbocycles. The first kappa shape index (κ1) is 17.0. The van der Waals surface area contributed by atoms with E-state index in [1.807, 2.05) is 24.3 Å². The van der Waals surface area contributed by atoms with Crippen LogP contribution in [0.3, 0.4) is 0 Å². The summed E-state index contributed by atoms with van der Waals surface area (Å²) < 4.78 is 18.8. The number of hydrogen-bond donors (Lipinski definition) is 0. The standard InChI is InChI=1S/C22H27FO/c23-21-13-9-19(10-14-21)20-11-15-22(16-12-20)24-17-5-4-8-18-6-2-1-3-7-18/h9-16,18H,1-8,17H2. The van der Waals surface area contributed by atoms with Gasteiger partial charge in [-0.25, -0.2) is 4.39 Å². The Bertz CT molecular complexity index is 597. The van der Waals surface area contributed by atoms with Crippen molar-refractivity contribution in [3.63, 3.8) is 0 Å². The van der Waals surface area contributed by atoms with Gasteiger partial charge in [0.2, 0.25) is 0 Å². The maximum absolute atomic E-state index is 13.0. The van der Waals surface area contributed by atoms with Crippen molar-refractivity contribution in [2.45, 2.75) is 51.4 Å². The van der Waals surface area contributed by atoms with Crippen LogP contribution < -0.4 is 4.74 Å². The van der Waals surface area contributed by atoms with Gasteiger partial charge in [0, 0.05) is 0 Å². The van der Waals surface area contributed by atoms with E-state index < -0.39 is 0 Å². The topological polar surface area (TPSA) is 9.23 Å². The van der Waals surface area contributed by atoms with Crippen LogP contribution in [0.5, 0.6) is 5.75 Å². The van der Waals surface area contributed by atoms with Crippen molar-refractivity contribution >= 4 is 0 Å². The van der Waals surface area contributed by atoms with E-state index in [2.05, 4.69) is 0 Å². The molecule has 0 bridgehead atoms. The zero-order valence-electron chi connectivity index (χ0n) is 14.3. The van der Waals surface area contributed by atoms with Gasteiger partial charge in [0.1, 0.15) is 11.6 Å². The lowest BCUT2D eigenvalue weighted by atomic mass is 9.86. The summed E-state index contributed by atoms with van der Waals surface area (Å²) in [5.74, 6) is 1.68. The number of benzene rings is 2. The van der Waals surface area contributed by atoms with E-state index in [4.69, 9.17) is 4.74 Å². The molecule has 0 saturated heterocycles. The third-order valence-electron chi connectivity index (χ3n) is 5.03. The van der Waals surface area contributed by atoms with Gasteiger partial charge in [-0.05, 0) is 54.2 Å². The van der Waals surface area contributed by atoms with Crippen LogP contribution in [-0.4, -0.2) is 6.61 Å². The molecular weight excluding hydrogens is 299 g/mol. The highest BCUT2D eigenvalue weighted by Gasteiger charge is 2.12. The molecule has 1 saturated carbocycles. The summed E-state index contributed by atoms with van der Waals surface area (Å²) in [4.78, 5) is 0. The van der Waals surface area contributed by atoms with Crippen molar-refractivity contribution in [1.29, 1.82) is 0 Å². The molecule has 0 atom stereocenters. The highest BCUT2D eigenvalue weighted by atomic mass is 19.1. The van der Waals surface area contributed by atoms with Gasteiger partial charge < -0.3 is 4.74 Å². The minimum absolute atomic E-state index is 0.202. The molecule has 0 heterocycles. The molecule has 0 unspecified atom stereocenters. The number of hydrogen-bond acceptors (Lipinski definition) is 1. The summed E-state index contributed by atoms with van der Waals surface area (Å²) in [6.07, 6.45) is 11.0. The highest BCUT2D eigenvalue weighted by molar-refractivity contribution is 5.63. The van der Waals surface area contributed by atoms with Gasteiger partial charge in [0.05, 0.1) is 6.61 Å². The summed E-state index contributed by atoms with van der Waals surface area (Å²) in [6, 6.07) is 14.7. The molecule has 2 aromatic carbocycles. The lowest BCUT2D eigenvalue weighted by Gasteiger charge is -2.21. The van der Waals surface area contributed by atoms with Crippen LogP contribution in [0.2, 0.25) is 0 Å². The van der Waals surface area contributed by atoms with E-state index in [0.717, 1.165) is 35.8 Å². The van der Waals surface area contributed by atoms with Crippen molar-refractivity contribution in [3.05, 3.63) is 54.3 Å². The molecule has 0 aromatic heterocycles. The second kappa shape index (κ2) is 8.86. The lowest BCUT2D eigenvalue weighted by Crippen LogP contribution is -2.06. The minimum atomic E-state index is -0.202. The Morgan fingerprint density at radius 1 is 0.792 bits per heavy atom. The van der Waals surface area contributed by atoms with E-state index in [0.29, 0.717) is 0 Å². The molecule has 0 spiro atoms. The number of ether oxygens (including phenoxy) is 1. The molecule has 1 fully saturated rings. The van der Waals surface area contributed by atoms with Gasteiger partial charge in [-0.1, -0.05) is 62.8 Å². The third kappa shape index (κ3) is 5.09. The van der Waals surface area contributed by atoms with Crippen molar-refractivity contribution in [3.8, 4) is 16.9 Å². The molecule has 0 radical (unpaired) electrons. The fourth-order valence-corrected chi connectivity index (χ4v) is 3.59. The Kier molecular flexibility index (Phi) is 6.28. The minimum Gasteiger partial charge on any atom is -0.494 e. The summed E-state index contributed by atoms with van der Waals surface area (Å²) >= 11 is 0. The second-order valence-electron chi connectivity index (χ2n) is 6.88. The summed E-state index contributed by atoms with van der Waals surface area (Å²) in [6.45, 7) is 0.794. The molecule has 1 nitrogen and oxygen atoms in total. The van der Waals surface area contributed by atoms with E-state index in [9.17, 15) is 4.39 Å². The van der Waals surface area contributed by atoms with Gasteiger partial charge in [0.15, 0.2) is 0 Å². The van der Waals surface area contributed by atoms with Crippen molar-refractivity contribution in [2.24, 2.45) is 5.92 Å². The van der Waals surface area contributed by atoms with Crippen LogP contribution >= 0.6 is 0 Å². The van der Waals surface area contributed by atoms with Crippen molar-refractivity contribution in [2.75, 3.05) is 6.61 Å². The summed E-state index contributed by atoms with van der Waals surface area (Å²) in [5.41, 5.74) is 2.11.